The molecule has 1 saturated heterocycles. The number of nitrogens with one attached hydrogen (secondary N) is 1. The van der Waals surface area contributed by atoms with Crippen LogP contribution in [0.5, 0.6) is 0 Å². The SMILES string of the molecule is C=C1Nc2nc(nc3cnc(N4CCCS4(=O)=O)c(C(F)(F)F)c23)CCOCc2ccccc21. The molecule has 12 heteroatoms. The molecular formula is C22H20F3N5O3S. The Labute approximate surface area is 193 Å². The fraction of sp³-hybridized carbons (Fsp3) is 0.318. The van der Waals surface area contributed by atoms with E-state index < -0.39 is 27.6 Å². The normalized spacial score (nSPS) is 18.3. The second kappa shape index (κ2) is 8.20. The molecule has 2 aliphatic rings. The van der Waals surface area contributed by atoms with Gasteiger partial charge in [0.25, 0.3) is 0 Å². The summed E-state index contributed by atoms with van der Waals surface area (Å²) in [6, 6.07) is 7.25. The van der Waals surface area contributed by atoms with Crippen molar-refractivity contribution in [3.8, 4) is 0 Å². The number of hydrogen-bond donors (Lipinski definition) is 1. The van der Waals surface area contributed by atoms with Gasteiger partial charge in [0.05, 0.1) is 36.1 Å². The first-order valence-corrected chi connectivity index (χ1v) is 12.2. The molecule has 0 atom stereocenters. The van der Waals surface area contributed by atoms with Crippen molar-refractivity contribution in [2.75, 3.05) is 28.5 Å². The summed E-state index contributed by atoms with van der Waals surface area (Å²) in [5.41, 5.74) is 0.557. The van der Waals surface area contributed by atoms with Crippen LogP contribution in [-0.4, -0.2) is 42.3 Å². The van der Waals surface area contributed by atoms with Crippen LogP contribution in [0.3, 0.4) is 0 Å². The molecule has 34 heavy (non-hydrogen) atoms. The maximum Gasteiger partial charge on any atom is 0.420 e. The van der Waals surface area contributed by atoms with Gasteiger partial charge < -0.3 is 10.1 Å². The Bertz CT molecular complexity index is 1410. The minimum absolute atomic E-state index is 0.0551. The maximum atomic E-state index is 14.5. The van der Waals surface area contributed by atoms with Gasteiger partial charge in [0, 0.05) is 24.2 Å². The van der Waals surface area contributed by atoms with Gasteiger partial charge in [0.2, 0.25) is 10.0 Å². The lowest BCUT2D eigenvalue weighted by Gasteiger charge is -2.23. The molecule has 1 aromatic carbocycles. The minimum atomic E-state index is -4.92. The number of halogens is 3. The van der Waals surface area contributed by atoms with Gasteiger partial charge in [-0.1, -0.05) is 30.8 Å². The first-order chi connectivity index (χ1) is 16.1. The van der Waals surface area contributed by atoms with Crippen molar-refractivity contribution in [2.45, 2.75) is 25.6 Å². The number of benzene rings is 1. The van der Waals surface area contributed by atoms with Crippen molar-refractivity contribution in [1.82, 2.24) is 15.0 Å². The Morgan fingerprint density at radius 3 is 2.71 bits per heavy atom. The molecule has 4 heterocycles. The van der Waals surface area contributed by atoms with Crippen LogP contribution < -0.4 is 9.62 Å². The lowest BCUT2D eigenvalue weighted by atomic mass is 10.1. The van der Waals surface area contributed by atoms with Gasteiger partial charge in [-0.15, -0.1) is 0 Å². The lowest BCUT2D eigenvalue weighted by molar-refractivity contribution is -0.135. The van der Waals surface area contributed by atoms with Crippen LogP contribution in [0.4, 0.5) is 24.8 Å². The summed E-state index contributed by atoms with van der Waals surface area (Å²) in [6.07, 6.45) is -3.28. The Kier molecular flexibility index (Phi) is 5.44. The molecule has 2 aliphatic heterocycles. The zero-order chi connectivity index (χ0) is 24.1. The van der Waals surface area contributed by atoms with E-state index in [1.165, 1.54) is 0 Å². The Morgan fingerprint density at radius 1 is 1.18 bits per heavy atom. The second-order valence-electron chi connectivity index (χ2n) is 8.01. The van der Waals surface area contributed by atoms with Crippen molar-refractivity contribution in [1.29, 1.82) is 0 Å². The smallest absolute Gasteiger partial charge is 0.376 e. The summed E-state index contributed by atoms with van der Waals surface area (Å²) in [5, 5.41) is 2.57. The van der Waals surface area contributed by atoms with Gasteiger partial charge in [-0.2, -0.15) is 13.2 Å². The average Bonchev–Trinajstić information content (AvgIpc) is 3.13. The second-order valence-corrected chi connectivity index (χ2v) is 10.0. The lowest BCUT2D eigenvalue weighted by Crippen LogP contribution is -2.29. The maximum absolute atomic E-state index is 14.5. The highest BCUT2D eigenvalue weighted by atomic mass is 32.2. The molecule has 3 aromatic rings. The summed E-state index contributed by atoms with van der Waals surface area (Å²) in [7, 11) is -3.91. The van der Waals surface area contributed by atoms with Crippen molar-refractivity contribution >= 4 is 38.3 Å². The fourth-order valence-corrected chi connectivity index (χ4v) is 5.72. The van der Waals surface area contributed by atoms with Crippen molar-refractivity contribution in [3.05, 3.63) is 59.6 Å². The third-order valence-electron chi connectivity index (χ3n) is 5.72. The van der Waals surface area contributed by atoms with Crippen molar-refractivity contribution < 1.29 is 26.3 Å². The Balaban J connectivity index is 1.77. The fourth-order valence-electron chi connectivity index (χ4n) is 4.20. The van der Waals surface area contributed by atoms with E-state index in [2.05, 4.69) is 26.8 Å². The van der Waals surface area contributed by atoms with Crippen LogP contribution >= 0.6 is 0 Å². The van der Waals surface area contributed by atoms with E-state index in [4.69, 9.17) is 4.74 Å². The molecule has 0 unspecified atom stereocenters. The predicted octanol–water partition coefficient (Wildman–Crippen LogP) is 3.74. The van der Waals surface area contributed by atoms with E-state index in [1.54, 1.807) is 12.1 Å². The highest BCUT2D eigenvalue weighted by Gasteiger charge is 2.43. The highest BCUT2D eigenvalue weighted by Crippen LogP contribution is 2.44. The van der Waals surface area contributed by atoms with Crippen LogP contribution in [0.1, 0.15) is 28.9 Å². The first kappa shape index (κ1) is 22.5. The molecule has 8 nitrogen and oxygen atoms in total. The summed E-state index contributed by atoms with van der Waals surface area (Å²) >= 11 is 0. The standard InChI is InChI=1S/C22H20F3N5O3S/c1-13-15-6-3-2-5-14(15)12-33-9-7-17-28-16-11-26-21(30-8-4-10-34(30,31)32)19(22(23,24)25)18(16)20(27-13)29-17/h2-3,5-6,11H,1,4,7-10,12H2,(H,27,28,29). The third kappa shape index (κ3) is 3.96. The van der Waals surface area contributed by atoms with Crippen molar-refractivity contribution in [2.24, 2.45) is 0 Å². The van der Waals surface area contributed by atoms with E-state index in [0.29, 0.717) is 17.9 Å². The molecular weight excluding hydrogens is 471 g/mol. The summed E-state index contributed by atoms with van der Waals surface area (Å²) < 4.78 is 74.7. The average molecular weight is 491 g/mol. The van der Waals surface area contributed by atoms with Gasteiger partial charge in [-0.3, -0.25) is 4.31 Å². The van der Waals surface area contributed by atoms with Gasteiger partial charge in [0.15, 0.2) is 5.82 Å². The zero-order valence-electron chi connectivity index (χ0n) is 17.9. The Morgan fingerprint density at radius 2 is 1.97 bits per heavy atom. The summed E-state index contributed by atoms with van der Waals surface area (Å²) in [4.78, 5) is 12.5. The van der Waals surface area contributed by atoms with Crippen LogP contribution in [0, 0.1) is 0 Å². The van der Waals surface area contributed by atoms with E-state index in [-0.39, 0.29) is 54.3 Å². The number of rotatable bonds is 1. The molecule has 2 aromatic heterocycles. The largest absolute Gasteiger partial charge is 0.420 e. The van der Waals surface area contributed by atoms with E-state index >= 15 is 0 Å². The highest BCUT2D eigenvalue weighted by molar-refractivity contribution is 7.93. The number of aromatic nitrogens is 3. The Hall–Kier alpha value is -3.25. The molecule has 5 rings (SSSR count). The van der Waals surface area contributed by atoms with Crippen LogP contribution in [0.25, 0.3) is 16.6 Å². The predicted molar refractivity (Wildman–Crippen MR) is 121 cm³/mol. The van der Waals surface area contributed by atoms with Gasteiger partial charge in [-0.05, 0) is 12.0 Å². The molecule has 0 radical (unpaired) electrons. The number of ether oxygens (including phenoxy) is 1. The molecule has 2 bridgehead atoms. The molecule has 0 spiro atoms. The number of alkyl halides is 3. The molecule has 0 aliphatic carbocycles. The molecule has 0 saturated carbocycles. The van der Waals surface area contributed by atoms with Crippen LogP contribution in [0.15, 0.2) is 37.0 Å². The van der Waals surface area contributed by atoms with Gasteiger partial charge >= 0.3 is 6.18 Å². The number of nitrogens with zero attached hydrogens (tertiary/aromatic N) is 4. The van der Waals surface area contributed by atoms with E-state index in [9.17, 15) is 21.6 Å². The quantitative estimate of drug-likeness (QED) is 0.554. The topological polar surface area (TPSA) is 97.3 Å². The van der Waals surface area contributed by atoms with Crippen LogP contribution in [-0.2, 0) is 34.0 Å². The number of fused-ring (bicyclic) bond motifs is 5. The first-order valence-electron chi connectivity index (χ1n) is 10.5. The zero-order valence-corrected chi connectivity index (χ0v) is 18.7. The molecule has 0 amide bonds. The number of anilines is 2. The number of hydrogen-bond acceptors (Lipinski definition) is 7. The van der Waals surface area contributed by atoms with Gasteiger partial charge in [0.1, 0.15) is 17.2 Å². The number of sulfonamides is 1. The monoisotopic (exact) mass is 491 g/mol. The van der Waals surface area contributed by atoms with E-state index in [0.717, 1.165) is 16.1 Å². The number of pyridine rings is 1. The van der Waals surface area contributed by atoms with Crippen LogP contribution in [0.2, 0.25) is 0 Å². The minimum Gasteiger partial charge on any atom is -0.376 e. The van der Waals surface area contributed by atoms with Gasteiger partial charge in [-0.25, -0.2) is 23.4 Å². The molecule has 178 valence electrons. The van der Waals surface area contributed by atoms with E-state index in [1.807, 2.05) is 12.1 Å². The van der Waals surface area contributed by atoms with Crippen molar-refractivity contribution in [3.63, 3.8) is 0 Å². The molecule has 1 N–H and O–H groups in total. The summed E-state index contributed by atoms with van der Waals surface area (Å²) in [5.74, 6) is -0.756. The summed E-state index contributed by atoms with van der Waals surface area (Å²) in [6.45, 7) is 4.47. The molecule has 1 fully saturated rings. The third-order valence-corrected chi connectivity index (χ3v) is 7.56.